The molecule has 3 N–H and O–H groups in total. The maximum absolute atomic E-state index is 12.8. The largest absolute Gasteiger partial charge is 0.382 e. The van der Waals surface area contributed by atoms with Gasteiger partial charge in [-0.15, -0.1) is 0 Å². The van der Waals surface area contributed by atoms with Crippen LogP contribution in [0.2, 0.25) is 0 Å². The Bertz CT molecular complexity index is 1000. The van der Waals surface area contributed by atoms with Crippen LogP contribution in [0.1, 0.15) is 11.1 Å². The van der Waals surface area contributed by atoms with Gasteiger partial charge in [0.15, 0.2) is 11.5 Å². The van der Waals surface area contributed by atoms with Crippen LogP contribution in [0.3, 0.4) is 0 Å². The van der Waals surface area contributed by atoms with Crippen molar-refractivity contribution >= 4 is 30.2 Å². The predicted molar refractivity (Wildman–Crippen MR) is 97.8 cm³/mol. The maximum Gasteiger partial charge on any atom is 0.319 e. The van der Waals surface area contributed by atoms with Crippen molar-refractivity contribution in [3.8, 4) is 0 Å². The molecule has 0 saturated carbocycles. The highest BCUT2D eigenvalue weighted by atomic mass is 31.2. The summed E-state index contributed by atoms with van der Waals surface area (Å²) in [4.78, 5) is 12.3. The van der Waals surface area contributed by atoms with Gasteiger partial charge in [0.25, 0.3) is 0 Å². The molecular formula is C16H19N6O3P. The van der Waals surface area contributed by atoms with Gasteiger partial charge in [-0.05, 0) is 18.6 Å². The highest BCUT2D eigenvalue weighted by molar-refractivity contribution is 7.60. The van der Waals surface area contributed by atoms with Crippen molar-refractivity contribution in [1.82, 2.24) is 19.5 Å². The fraction of sp³-hybridized carbons (Fsp3) is 0.312. The van der Waals surface area contributed by atoms with Crippen molar-refractivity contribution in [3.63, 3.8) is 0 Å². The minimum absolute atomic E-state index is 0.00979. The number of imidazole rings is 1. The van der Waals surface area contributed by atoms with Crippen molar-refractivity contribution in [2.75, 3.05) is 23.8 Å². The summed E-state index contributed by atoms with van der Waals surface area (Å²) in [5.41, 5.74) is 9.90. The number of nitrogens with zero attached hydrogens (tertiary/aromatic N) is 4. The Morgan fingerprint density at radius 3 is 3.15 bits per heavy atom. The zero-order valence-electron chi connectivity index (χ0n) is 14.3. The van der Waals surface area contributed by atoms with Gasteiger partial charge in [-0.1, -0.05) is 12.1 Å². The monoisotopic (exact) mass is 374 g/mol. The molecule has 1 unspecified atom stereocenters. The Balaban J connectivity index is 1.36. The molecule has 3 heterocycles. The molecule has 9 nitrogen and oxygen atoms in total. The summed E-state index contributed by atoms with van der Waals surface area (Å²) in [5.74, 6) is 0.341. The minimum Gasteiger partial charge on any atom is -0.382 e. The van der Waals surface area contributed by atoms with Crippen molar-refractivity contribution in [1.29, 1.82) is 0 Å². The summed E-state index contributed by atoms with van der Waals surface area (Å²) < 4.78 is 25.7. The Morgan fingerprint density at radius 2 is 2.27 bits per heavy atom. The van der Waals surface area contributed by atoms with Gasteiger partial charge in [0.1, 0.15) is 18.2 Å². The molecule has 1 aromatic carbocycles. The Kier molecular flexibility index (Phi) is 4.36. The van der Waals surface area contributed by atoms with E-state index in [9.17, 15) is 4.57 Å². The van der Waals surface area contributed by atoms with Gasteiger partial charge in [-0.2, -0.15) is 0 Å². The van der Waals surface area contributed by atoms with Gasteiger partial charge in [0.2, 0.25) is 0 Å². The number of hydrogen-bond donors (Lipinski definition) is 2. The van der Waals surface area contributed by atoms with Crippen molar-refractivity contribution in [2.45, 2.75) is 20.1 Å². The number of fused-ring (bicyclic) bond motifs is 2. The van der Waals surface area contributed by atoms with Gasteiger partial charge in [-0.25, -0.2) is 15.0 Å². The standard InChI is InChI=1S/C16H19N6O3P/c1-11-2-3-12-7-25-26(23,21-13(12)6-11)10-24-5-4-22-9-20-14-15(17)18-8-19-16(14)22/h2-3,6,8-9H,4-5,7,10H2,1H3,(H,21,23)(H2,17,18,19). The number of aromatic nitrogens is 4. The van der Waals surface area contributed by atoms with E-state index < -0.39 is 7.52 Å². The molecule has 4 rings (SSSR count). The van der Waals surface area contributed by atoms with E-state index in [1.807, 2.05) is 29.7 Å². The third-order valence-electron chi connectivity index (χ3n) is 4.15. The van der Waals surface area contributed by atoms with Gasteiger partial charge >= 0.3 is 7.52 Å². The van der Waals surface area contributed by atoms with Crippen LogP contribution in [-0.4, -0.2) is 32.5 Å². The molecular weight excluding hydrogens is 355 g/mol. The highest BCUT2D eigenvalue weighted by Crippen LogP contribution is 2.51. The van der Waals surface area contributed by atoms with E-state index in [-0.39, 0.29) is 6.35 Å². The Labute approximate surface area is 150 Å². The molecule has 1 atom stereocenters. The number of nitrogens with two attached hydrogens (primary N) is 1. The van der Waals surface area contributed by atoms with Gasteiger partial charge in [-0.3, -0.25) is 4.57 Å². The third-order valence-corrected chi connectivity index (χ3v) is 5.80. The van der Waals surface area contributed by atoms with Crippen molar-refractivity contribution < 1.29 is 13.8 Å². The van der Waals surface area contributed by atoms with Crippen LogP contribution in [0.25, 0.3) is 11.2 Å². The molecule has 10 heteroatoms. The molecule has 3 aromatic rings. The summed E-state index contributed by atoms with van der Waals surface area (Å²) in [7, 11) is -3.07. The van der Waals surface area contributed by atoms with Crippen LogP contribution >= 0.6 is 7.52 Å². The molecule has 26 heavy (non-hydrogen) atoms. The number of aryl methyl sites for hydroxylation is 1. The second-order valence-electron chi connectivity index (χ2n) is 6.13. The number of ether oxygens (including phenoxy) is 1. The summed E-state index contributed by atoms with van der Waals surface area (Å²) in [6.45, 7) is 3.14. The van der Waals surface area contributed by atoms with Gasteiger partial charge in [0.05, 0.1) is 19.5 Å². The van der Waals surface area contributed by atoms with E-state index in [1.165, 1.54) is 6.33 Å². The van der Waals surface area contributed by atoms with Crippen LogP contribution in [0.4, 0.5) is 11.5 Å². The molecule has 1 aliphatic heterocycles. The first-order valence-electron chi connectivity index (χ1n) is 8.14. The number of rotatable bonds is 5. The molecule has 136 valence electrons. The van der Waals surface area contributed by atoms with Gasteiger partial charge in [0, 0.05) is 17.8 Å². The first kappa shape index (κ1) is 17.0. The van der Waals surface area contributed by atoms with Crippen LogP contribution in [-0.2, 0) is 27.0 Å². The van der Waals surface area contributed by atoms with Crippen molar-refractivity contribution in [3.05, 3.63) is 42.0 Å². The van der Waals surface area contributed by atoms with Crippen molar-refractivity contribution in [2.24, 2.45) is 0 Å². The Morgan fingerprint density at radius 1 is 1.38 bits per heavy atom. The summed E-state index contributed by atoms with van der Waals surface area (Å²) in [5, 5.41) is 3.00. The topological polar surface area (TPSA) is 117 Å². The number of anilines is 2. The number of benzene rings is 1. The molecule has 0 spiro atoms. The highest BCUT2D eigenvalue weighted by Gasteiger charge is 2.29. The lowest BCUT2D eigenvalue weighted by Gasteiger charge is -2.27. The number of hydrogen-bond acceptors (Lipinski definition) is 7. The first-order valence-corrected chi connectivity index (χ1v) is 9.95. The number of nitrogens with one attached hydrogen (secondary N) is 1. The zero-order chi connectivity index (χ0) is 18.1. The molecule has 0 aliphatic carbocycles. The molecule has 0 bridgehead atoms. The van der Waals surface area contributed by atoms with Crippen LogP contribution in [0.15, 0.2) is 30.9 Å². The summed E-state index contributed by atoms with van der Waals surface area (Å²) in [6.07, 6.45) is 3.02. The maximum atomic E-state index is 12.8. The normalized spacial score (nSPS) is 19.3. The SMILES string of the molecule is Cc1ccc2c(c1)NP(=O)(COCCn1cnc3c(N)ncnc31)OC2. The third kappa shape index (κ3) is 3.29. The first-order chi connectivity index (χ1) is 12.5. The molecule has 0 radical (unpaired) electrons. The van der Waals surface area contributed by atoms with E-state index in [2.05, 4.69) is 20.0 Å². The lowest BCUT2D eigenvalue weighted by atomic mass is 10.1. The second-order valence-corrected chi connectivity index (χ2v) is 8.21. The zero-order valence-corrected chi connectivity index (χ0v) is 15.1. The smallest absolute Gasteiger partial charge is 0.319 e. The van der Waals surface area contributed by atoms with Crippen LogP contribution < -0.4 is 10.8 Å². The Hall–Kier alpha value is -2.48. The summed E-state index contributed by atoms with van der Waals surface area (Å²) >= 11 is 0. The number of nitrogen functional groups attached to an aromatic ring is 1. The lowest BCUT2D eigenvalue weighted by molar-refractivity contribution is 0.152. The molecule has 1 aliphatic rings. The van der Waals surface area contributed by atoms with E-state index in [0.717, 1.165) is 16.8 Å². The van der Waals surface area contributed by atoms with Gasteiger partial charge < -0.3 is 24.6 Å². The van der Waals surface area contributed by atoms with E-state index >= 15 is 0 Å². The average molecular weight is 374 g/mol. The molecule has 2 aromatic heterocycles. The lowest BCUT2D eigenvalue weighted by Crippen LogP contribution is -2.15. The second kappa shape index (κ2) is 6.68. The average Bonchev–Trinajstić information content (AvgIpc) is 3.03. The predicted octanol–water partition coefficient (Wildman–Crippen LogP) is 2.53. The minimum atomic E-state index is -3.07. The molecule has 0 saturated heterocycles. The quantitative estimate of drug-likeness (QED) is 0.517. The van der Waals surface area contributed by atoms with E-state index in [0.29, 0.717) is 36.7 Å². The fourth-order valence-corrected chi connectivity index (χ4v) is 4.29. The van der Waals surface area contributed by atoms with E-state index in [1.54, 1.807) is 6.33 Å². The van der Waals surface area contributed by atoms with Crippen LogP contribution in [0.5, 0.6) is 0 Å². The van der Waals surface area contributed by atoms with E-state index in [4.69, 9.17) is 15.0 Å². The van der Waals surface area contributed by atoms with Crippen LogP contribution in [0, 0.1) is 6.92 Å². The fourth-order valence-electron chi connectivity index (χ4n) is 2.79. The molecule has 0 amide bonds. The molecule has 0 fully saturated rings. The summed E-state index contributed by atoms with van der Waals surface area (Å²) in [6, 6.07) is 5.94.